The largest absolute Gasteiger partial charge is 0.383 e. The van der Waals surface area contributed by atoms with Crippen molar-refractivity contribution in [3.63, 3.8) is 0 Å². The van der Waals surface area contributed by atoms with Gasteiger partial charge in [-0.15, -0.1) is 0 Å². The Morgan fingerprint density at radius 2 is 2.19 bits per heavy atom. The van der Waals surface area contributed by atoms with Gasteiger partial charge in [-0.05, 0) is 12.1 Å². The summed E-state index contributed by atoms with van der Waals surface area (Å²) in [6, 6.07) is 2.31. The maximum atomic E-state index is 13.5. The summed E-state index contributed by atoms with van der Waals surface area (Å²) in [6.07, 6.45) is 0. The van der Waals surface area contributed by atoms with E-state index in [-0.39, 0.29) is 24.2 Å². The molecule has 0 fully saturated rings. The lowest BCUT2D eigenvalue weighted by atomic mass is 10.3. The molecule has 16 heavy (non-hydrogen) atoms. The number of ether oxygens (including phenoxy) is 1. The number of fused-ring (bicyclic) bond motifs is 1. The third kappa shape index (κ3) is 1.61. The second kappa shape index (κ2) is 4.05. The average molecular weight is 228 g/mol. The van der Waals surface area contributed by atoms with Crippen molar-refractivity contribution < 1.29 is 13.5 Å². The van der Waals surface area contributed by atoms with E-state index in [2.05, 4.69) is 4.98 Å². The van der Waals surface area contributed by atoms with Crippen molar-refractivity contribution in [1.82, 2.24) is 9.55 Å². The lowest BCUT2D eigenvalue weighted by Gasteiger charge is -2.03. The molecule has 0 aliphatic carbocycles. The van der Waals surface area contributed by atoms with Crippen molar-refractivity contribution in [2.75, 3.05) is 13.7 Å². The minimum Gasteiger partial charge on any atom is -0.383 e. The highest BCUT2D eigenvalue weighted by Gasteiger charge is 2.14. The summed E-state index contributed by atoms with van der Waals surface area (Å²) >= 11 is 0. The van der Waals surface area contributed by atoms with Gasteiger partial charge in [0.1, 0.15) is 5.52 Å². The zero-order valence-electron chi connectivity index (χ0n) is 8.59. The first-order valence-corrected chi connectivity index (χ1v) is 4.70. The van der Waals surface area contributed by atoms with Gasteiger partial charge in [-0.25, -0.2) is 13.6 Å². The summed E-state index contributed by atoms with van der Waals surface area (Å²) in [6.45, 7) is 0.429. The predicted octanol–water partition coefficient (Wildman–Crippen LogP) is 1.25. The molecule has 0 saturated carbocycles. The molecular formula is C10H10F2N2O2. The molecule has 2 rings (SSSR count). The molecule has 1 N–H and O–H groups in total. The second-order valence-electron chi connectivity index (χ2n) is 3.33. The first-order valence-electron chi connectivity index (χ1n) is 4.70. The maximum absolute atomic E-state index is 13.5. The third-order valence-corrected chi connectivity index (χ3v) is 2.34. The van der Waals surface area contributed by atoms with Crippen LogP contribution in [0, 0.1) is 11.6 Å². The summed E-state index contributed by atoms with van der Waals surface area (Å²) in [4.78, 5) is 13.9. The number of rotatable bonds is 3. The number of H-pyrrole nitrogens is 1. The molecule has 1 heterocycles. The fourth-order valence-corrected chi connectivity index (χ4v) is 1.58. The summed E-state index contributed by atoms with van der Waals surface area (Å²) in [5.41, 5.74) is -0.251. The topological polar surface area (TPSA) is 47.0 Å². The van der Waals surface area contributed by atoms with Crippen LogP contribution in [0.2, 0.25) is 0 Å². The van der Waals surface area contributed by atoms with E-state index in [1.54, 1.807) is 0 Å². The van der Waals surface area contributed by atoms with Gasteiger partial charge >= 0.3 is 5.69 Å². The van der Waals surface area contributed by atoms with Crippen LogP contribution in [-0.4, -0.2) is 23.3 Å². The van der Waals surface area contributed by atoms with Crippen molar-refractivity contribution in [2.45, 2.75) is 6.54 Å². The molecule has 0 amide bonds. The zero-order chi connectivity index (χ0) is 11.7. The van der Waals surface area contributed by atoms with Gasteiger partial charge in [-0.2, -0.15) is 0 Å². The quantitative estimate of drug-likeness (QED) is 0.859. The second-order valence-corrected chi connectivity index (χ2v) is 3.33. The Labute approximate surface area is 89.5 Å². The van der Waals surface area contributed by atoms with E-state index in [0.29, 0.717) is 0 Å². The van der Waals surface area contributed by atoms with E-state index in [4.69, 9.17) is 4.74 Å². The first kappa shape index (κ1) is 10.8. The predicted molar refractivity (Wildman–Crippen MR) is 54.4 cm³/mol. The molecule has 0 radical (unpaired) electrons. The number of nitrogens with one attached hydrogen (secondary N) is 1. The Morgan fingerprint density at radius 1 is 1.44 bits per heavy atom. The number of hydrogen-bond donors (Lipinski definition) is 1. The monoisotopic (exact) mass is 228 g/mol. The number of aromatic nitrogens is 2. The summed E-state index contributed by atoms with van der Waals surface area (Å²) in [5.74, 6) is -2.00. The number of aromatic amines is 1. The molecule has 86 valence electrons. The lowest BCUT2D eigenvalue weighted by molar-refractivity contribution is 0.187. The summed E-state index contributed by atoms with van der Waals surface area (Å²) < 4.78 is 32.5. The van der Waals surface area contributed by atoms with Crippen molar-refractivity contribution in [2.24, 2.45) is 0 Å². The van der Waals surface area contributed by atoms with Gasteiger partial charge in [0.15, 0.2) is 11.6 Å². The number of nitrogens with zero attached hydrogens (tertiary/aromatic N) is 1. The molecule has 0 spiro atoms. The highest BCUT2D eigenvalue weighted by atomic mass is 19.2. The van der Waals surface area contributed by atoms with Gasteiger partial charge in [-0.1, -0.05) is 0 Å². The van der Waals surface area contributed by atoms with E-state index < -0.39 is 17.3 Å². The van der Waals surface area contributed by atoms with E-state index in [1.165, 1.54) is 13.2 Å². The highest BCUT2D eigenvalue weighted by Crippen LogP contribution is 2.17. The molecule has 4 nitrogen and oxygen atoms in total. The van der Waals surface area contributed by atoms with Gasteiger partial charge in [0, 0.05) is 7.11 Å². The van der Waals surface area contributed by atoms with E-state index >= 15 is 0 Å². The van der Waals surface area contributed by atoms with E-state index in [9.17, 15) is 13.6 Å². The van der Waals surface area contributed by atoms with E-state index in [0.717, 1.165) is 10.6 Å². The van der Waals surface area contributed by atoms with Gasteiger partial charge in [-0.3, -0.25) is 4.57 Å². The Kier molecular flexibility index (Phi) is 2.74. The minimum atomic E-state index is -1.02. The molecule has 0 aliphatic heterocycles. The van der Waals surface area contributed by atoms with Crippen molar-refractivity contribution in [1.29, 1.82) is 0 Å². The van der Waals surface area contributed by atoms with Gasteiger partial charge < -0.3 is 9.72 Å². The molecule has 2 aromatic rings. The highest BCUT2D eigenvalue weighted by molar-refractivity contribution is 5.75. The number of hydrogen-bond acceptors (Lipinski definition) is 2. The maximum Gasteiger partial charge on any atom is 0.326 e. The molecule has 6 heteroatoms. The molecular weight excluding hydrogens is 218 g/mol. The van der Waals surface area contributed by atoms with Crippen LogP contribution in [0.1, 0.15) is 0 Å². The van der Waals surface area contributed by atoms with Crippen molar-refractivity contribution in [3.05, 3.63) is 34.3 Å². The van der Waals surface area contributed by atoms with Crippen LogP contribution < -0.4 is 5.69 Å². The number of imidazole rings is 1. The number of benzene rings is 1. The average Bonchev–Trinajstić information content (AvgIpc) is 2.58. The van der Waals surface area contributed by atoms with Crippen LogP contribution in [0.15, 0.2) is 16.9 Å². The minimum absolute atomic E-state index is 0.0537. The first-order chi connectivity index (χ1) is 7.65. The Bertz CT molecular complexity index is 574. The molecule has 0 atom stereocenters. The van der Waals surface area contributed by atoms with Gasteiger partial charge in [0.25, 0.3) is 0 Å². The SMILES string of the molecule is COCCn1c(=O)[nH]c2ccc(F)c(F)c21. The fraction of sp³-hybridized carbons (Fsp3) is 0.300. The summed E-state index contributed by atoms with van der Waals surface area (Å²) in [7, 11) is 1.47. The van der Waals surface area contributed by atoms with Crippen LogP contribution in [-0.2, 0) is 11.3 Å². The van der Waals surface area contributed by atoms with Crippen LogP contribution in [0.5, 0.6) is 0 Å². The Hall–Kier alpha value is -1.69. The molecule has 0 saturated heterocycles. The molecule has 1 aromatic carbocycles. The molecule has 0 aliphatic rings. The van der Waals surface area contributed by atoms with Gasteiger partial charge in [0.2, 0.25) is 0 Å². The van der Waals surface area contributed by atoms with Crippen LogP contribution in [0.3, 0.4) is 0 Å². The molecule has 0 bridgehead atoms. The standard InChI is InChI=1S/C10H10F2N2O2/c1-16-5-4-14-9-7(13-10(14)15)3-2-6(11)8(9)12/h2-3H,4-5H2,1H3,(H,13,15). The fourth-order valence-electron chi connectivity index (χ4n) is 1.58. The number of halogens is 2. The lowest BCUT2D eigenvalue weighted by Crippen LogP contribution is -2.19. The Balaban J connectivity index is 2.66. The smallest absolute Gasteiger partial charge is 0.326 e. The Morgan fingerprint density at radius 3 is 2.88 bits per heavy atom. The summed E-state index contributed by atoms with van der Waals surface area (Å²) in [5, 5.41) is 0. The molecule has 1 aromatic heterocycles. The van der Waals surface area contributed by atoms with Crippen LogP contribution >= 0.6 is 0 Å². The van der Waals surface area contributed by atoms with Crippen LogP contribution in [0.4, 0.5) is 8.78 Å². The van der Waals surface area contributed by atoms with Gasteiger partial charge in [0.05, 0.1) is 18.7 Å². The normalized spacial score (nSPS) is 11.2. The van der Waals surface area contributed by atoms with E-state index in [1.807, 2.05) is 0 Å². The zero-order valence-corrected chi connectivity index (χ0v) is 8.59. The third-order valence-electron chi connectivity index (χ3n) is 2.34. The molecule has 0 unspecified atom stereocenters. The van der Waals surface area contributed by atoms with Crippen molar-refractivity contribution in [3.8, 4) is 0 Å². The number of methoxy groups -OCH3 is 1. The van der Waals surface area contributed by atoms with Crippen molar-refractivity contribution >= 4 is 11.0 Å². The van der Waals surface area contributed by atoms with Crippen LogP contribution in [0.25, 0.3) is 11.0 Å².